The third kappa shape index (κ3) is 1.88. The molecule has 0 spiro atoms. The van der Waals surface area contributed by atoms with Crippen LogP contribution in [0.3, 0.4) is 0 Å². The van der Waals surface area contributed by atoms with Crippen LogP contribution in [0.4, 0.5) is 10.6 Å². The van der Waals surface area contributed by atoms with Crippen LogP contribution in [0.1, 0.15) is 0 Å². The monoisotopic (exact) mass is 171 g/mol. The van der Waals surface area contributed by atoms with Gasteiger partial charge in [0.15, 0.2) is 0 Å². The van der Waals surface area contributed by atoms with E-state index in [9.17, 15) is 4.79 Å². The highest BCUT2D eigenvalue weighted by molar-refractivity contribution is 5.63. The van der Waals surface area contributed by atoms with E-state index in [4.69, 9.17) is 0 Å². The first-order valence-corrected chi connectivity index (χ1v) is 3.25. The van der Waals surface area contributed by atoms with Crippen molar-refractivity contribution in [1.82, 2.24) is 10.2 Å². The largest absolute Gasteiger partial charge is 0.514 e. The number of carbonyl (C=O) groups is 1. The summed E-state index contributed by atoms with van der Waals surface area (Å²) in [7, 11) is 2.95. The molecule has 0 aromatic carbocycles. The fraction of sp³-hybridized carbons (Fsp3) is 0.333. The highest BCUT2D eigenvalue weighted by Crippen LogP contribution is 2.11. The van der Waals surface area contributed by atoms with Crippen LogP contribution in [0.15, 0.2) is 6.07 Å². The van der Waals surface area contributed by atoms with Crippen LogP contribution in [0.5, 0.6) is 5.88 Å². The Hall–Kier alpha value is -1.72. The van der Waals surface area contributed by atoms with Crippen LogP contribution in [0.25, 0.3) is 0 Å². The van der Waals surface area contributed by atoms with Crippen molar-refractivity contribution in [2.24, 2.45) is 0 Å². The van der Waals surface area contributed by atoms with Crippen molar-refractivity contribution < 1.29 is 14.3 Å². The Labute approximate surface area is 68.9 Å². The maximum absolute atomic E-state index is 10.6. The molecule has 0 aliphatic carbocycles. The molecule has 6 heteroatoms. The Morgan fingerprint density at radius 1 is 1.75 bits per heavy atom. The number of hydrogen-bond donors (Lipinski definition) is 2. The van der Waals surface area contributed by atoms with Gasteiger partial charge in [-0.25, -0.2) is 4.79 Å². The number of aromatic nitrogens is 2. The SMILES string of the molecule is CNc1cc(OC(=O)OC)n[nH]1. The summed E-state index contributed by atoms with van der Waals surface area (Å²) >= 11 is 0. The first-order valence-electron chi connectivity index (χ1n) is 3.25. The minimum atomic E-state index is -0.788. The van der Waals surface area contributed by atoms with Gasteiger partial charge in [-0.1, -0.05) is 0 Å². The maximum Gasteiger partial charge on any atom is 0.514 e. The maximum atomic E-state index is 10.6. The third-order valence-electron chi connectivity index (χ3n) is 1.18. The number of aromatic amines is 1. The highest BCUT2D eigenvalue weighted by Gasteiger charge is 2.06. The van der Waals surface area contributed by atoms with Gasteiger partial charge in [-0.05, 0) is 0 Å². The van der Waals surface area contributed by atoms with E-state index in [1.54, 1.807) is 7.05 Å². The summed E-state index contributed by atoms with van der Waals surface area (Å²) in [4.78, 5) is 10.6. The van der Waals surface area contributed by atoms with Crippen LogP contribution in [-0.4, -0.2) is 30.5 Å². The molecule has 1 heterocycles. The van der Waals surface area contributed by atoms with Gasteiger partial charge < -0.3 is 14.8 Å². The lowest BCUT2D eigenvalue weighted by molar-refractivity contribution is 0.119. The zero-order chi connectivity index (χ0) is 8.97. The topological polar surface area (TPSA) is 76.2 Å². The first kappa shape index (κ1) is 8.38. The minimum absolute atomic E-state index is 0.172. The second-order valence-corrected chi connectivity index (χ2v) is 1.93. The second kappa shape index (κ2) is 3.61. The minimum Gasteiger partial charge on any atom is -0.437 e. The molecule has 6 nitrogen and oxygen atoms in total. The Morgan fingerprint density at radius 3 is 3.00 bits per heavy atom. The number of nitrogens with one attached hydrogen (secondary N) is 2. The molecular formula is C6H9N3O3. The summed E-state index contributed by atoms with van der Waals surface area (Å²) < 4.78 is 8.86. The van der Waals surface area contributed by atoms with Gasteiger partial charge in [-0.3, -0.25) is 5.10 Å². The van der Waals surface area contributed by atoms with Gasteiger partial charge in [0.25, 0.3) is 0 Å². The van der Waals surface area contributed by atoms with Gasteiger partial charge in [0.05, 0.1) is 7.11 Å². The lowest BCUT2D eigenvalue weighted by atomic mass is 10.6. The van der Waals surface area contributed by atoms with Crippen molar-refractivity contribution in [1.29, 1.82) is 0 Å². The molecule has 0 saturated carbocycles. The van der Waals surface area contributed by atoms with E-state index in [1.165, 1.54) is 13.2 Å². The molecule has 0 aliphatic rings. The summed E-state index contributed by atoms with van der Waals surface area (Å²) in [5.41, 5.74) is 0. The van der Waals surface area contributed by atoms with Crippen molar-refractivity contribution in [2.75, 3.05) is 19.5 Å². The zero-order valence-electron chi connectivity index (χ0n) is 6.75. The number of hydrogen-bond acceptors (Lipinski definition) is 5. The Balaban J connectivity index is 2.58. The second-order valence-electron chi connectivity index (χ2n) is 1.93. The van der Waals surface area contributed by atoms with Crippen molar-refractivity contribution >= 4 is 12.0 Å². The molecule has 1 aromatic rings. The van der Waals surface area contributed by atoms with Crippen LogP contribution in [0, 0.1) is 0 Å². The standard InChI is InChI=1S/C6H9N3O3/c1-7-4-3-5(9-8-4)12-6(10)11-2/h3H,1-2H3,(H2,7,8,9). The molecule has 0 atom stereocenters. The van der Waals surface area contributed by atoms with Gasteiger partial charge >= 0.3 is 6.16 Å². The van der Waals surface area contributed by atoms with Crippen molar-refractivity contribution in [3.8, 4) is 5.88 Å². The Kier molecular flexibility index (Phi) is 2.52. The molecule has 1 aromatic heterocycles. The first-order chi connectivity index (χ1) is 5.76. The van der Waals surface area contributed by atoms with Crippen molar-refractivity contribution in [3.05, 3.63) is 6.07 Å². The van der Waals surface area contributed by atoms with Gasteiger partial charge in [0, 0.05) is 13.1 Å². The summed E-state index contributed by atoms with van der Waals surface area (Å²) in [6.45, 7) is 0. The van der Waals surface area contributed by atoms with Crippen molar-refractivity contribution in [2.45, 2.75) is 0 Å². The number of methoxy groups -OCH3 is 1. The fourth-order valence-corrected chi connectivity index (χ4v) is 0.611. The molecule has 0 fully saturated rings. The predicted molar refractivity (Wildman–Crippen MR) is 41.2 cm³/mol. The van der Waals surface area contributed by atoms with E-state index >= 15 is 0 Å². The smallest absolute Gasteiger partial charge is 0.437 e. The highest BCUT2D eigenvalue weighted by atomic mass is 16.7. The molecular weight excluding hydrogens is 162 g/mol. The zero-order valence-corrected chi connectivity index (χ0v) is 6.75. The number of rotatable bonds is 2. The summed E-state index contributed by atoms with van der Waals surface area (Å²) in [6, 6.07) is 1.54. The molecule has 0 unspecified atom stereocenters. The third-order valence-corrected chi connectivity index (χ3v) is 1.18. The van der Waals surface area contributed by atoms with Gasteiger partial charge in [0.1, 0.15) is 5.82 Å². The predicted octanol–water partition coefficient (Wildman–Crippen LogP) is 0.597. The molecule has 1 rings (SSSR count). The van der Waals surface area contributed by atoms with Crippen molar-refractivity contribution in [3.63, 3.8) is 0 Å². The molecule has 0 saturated heterocycles. The van der Waals surface area contributed by atoms with Crippen LogP contribution in [-0.2, 0) is 4.74 Å². The number of H-pyrrole nitrogens is 1. The van der Waals surface area contributed by atoms with Crippen LogP contribution in [0.2, 0.25) is 0 Å². The quantitative estimate of drug-likeness (QED) is 0.637. The number of anilines is 1. The Morgan fingerprint density at radius 2 is 2.50 bits per heavy atom. The van der Waals surface area contributed by atoms with Gasteiger partial charge in [-0.2, -0.15) is 0 Å². The summed E-state index contributed by atoms with van der Waals surface area (Å²) in [5.74, 6) is 0.833. The number of nitrogens with zero attached hydrogens (tertiary/aromatic N) is 1. The van der Waals surface area contributed by atoms with E-state index in [0.717, 1.165) is 0 Å². The normalized spacial score (nSPS) is 9.17. The lowest BCUT2D eigenvalue weighted by Gasteiger charge is -1.95. The lowest BCUT2D eigenvalue weighted by Crippen LogP contribution is -2.07. The van der Waals surface area contributed by atoms with E-state index in [1.807, 2.05) is 0 Å². The van der Waals surface area contributed by atoms with Crippen LogP contribution < -0.4 is 10.1 Å². The molecule has 12 heavy (non-hydrogen) atoms. The molecule has 2 N–H and O–H groups in total. The number of carbonyl (C=O) groups excluding carboxylic acids is 1. The molecule has 0 radical (unpaired) electrons. The van der Waals surface area contributed by atoms with E-state index in [0.29, 0.717) is 5.82 Å². The molecule has 0 amide bonds. The van der Waals surface area contributed by atoms with E-state index in [2.05, 4.69) is 25.0 Å². The number of ether oxygens (including phenoxy) is 2. The fourth-order valence-electron chi connectivity index (χ4n) is 0.611. The Bertz CT molecular complexity index is 271. The summed E-state index contributed by atoms with van der Waals surface area (Å²) in [6.07, 6.45) is -0.788. The van der Waals surface area contributed by atoms with Gasteiger partial charge in [0.2, 0.25) is 5.88 Å². The van der Waals surface area contributed by atoms with E-state index < -0.39 is 6.16 Å². The molecule has 0 bridgehead atoms. The summed E-state index contributed by atoms with van der Waals surface area (Å²) in [5, 5.41) is 9.04. The molecule has 66 valence electrons. The average Bonchev–Trinajstić information content (AvgIpc) is 2.52. The average molecular weight is 171 g/mol. The molecule has 0 aliphatic heterocycles. The van der Waals surface area contributed by atoms with E-state index in [-0.39, 0.29) is 5.88 Å². The van der Waals surface area contributed by atoms with Gasteiger partial charge in [-0.15, -0.1) is 5.10 Å². The van der Waals surface area contributed by atoms with Crippen LogP contribution >= 0.6 is 0 Å².